The van der Waals surface area contributed by atoms with Gasteiger partial charge in [0, 0.05) is 4.47 Å². The van der Waals surface area contributed by atoms with Crippen LogP contribution in [0.2, 0.25) is 0 Å². The highest BCUT2D eigenvalue weighted by molar-refractivity contribution is 9.10. The van der Waals surface area contributed by atoms with E-state index in [0.29, 0.717) is 11.4 Å². The Bertz CT molecular complexity index is 967. The smallest absolute Gasteiger partial charge is 0.274 e. The number of nitrogens with zero attached hydrogens (tertiary/aromatic N) is 3. The third-order valence-corrected chi connectivity index (χ3v) is 5.35. The third-order valence-electron chi connectivity index (χ3n) is 4.46. The van der Waals surface area contributed by atoms with Crippen LogP contribution in [0.15, 0.2) is 46.9 Å². The Hall–Kier alpha value is -2.67. The Morgan fingerprint density at radius 1 is 1.19 bits per heavy atom. The molecule has 0 radical (unpaired) electrons. The number of nitrogens with one attached hydrogen (secondary N) is 1. The molecule has 1 heterocycles. The van der Waals surface area contributed by atoms with Crippen molar-refractivity contribution in [2.75, 3.05) is 7.11 Å². The van der Waals surface area contributed by atoms with Gasteiger partial charge in [0.25, 0.3) is 5.91 Å². The van der Waals surface area contributed by atoms with Gasteiger partial charge < -0.3 is 10.1 Å². The Balaban J connectivity index is 1.78. The number of ether oxygens (including phenoxy) is 1. The number of amides is 1. The van der Waals surface area contributed by atoms with Crippen LogP contribution in [0.1, 0.15) is 40.3 Å². The van der Waals surface area contributed by atoms with E-state index < -0.39 is 0 Å². The lowest BCUT2D eigenvalue weighted by molar-refractivity contribution is 0.0934. The molecule has 3 aromatic rings. The lowest BCUT2D eigenvalue weighted by Gasteiger charge is -2.14. The maximum absolute atomic E-state index is 12.7. The van der Waals surface area contributed by atoms with Gasteiger partial charge in [-0.3, -0.25) is 4.79 Å². The van der Waals surface area contributed by atoms with E-state index in [9.17, 15) is 4.79 Å². The van der Waals surface area contributed by atoms with Crippen LogP contribution in [0, 0.1) is 13.8 Å². The van der Waals surface area contributed by atoms with E-state index in [0.717, 1.165) is 27.0 Å². The molecule has 1 atom stereocenters. The normalized spacial score (nSPS) is 11.9. The molecular formula is C20H21BrN4O2. The van der Waals surface area contributed by atoms with Crippen LogP contribution in [0.25, 0.3) is 5.69 Å². The minimum absolute atomic E-state index is 0.164. The van der Waals surface area contributed by atoms with Gasteiger partial charge in [0.2, 0.25) is 0 Å². The maximum atomic E-state index is 12.7. The summed E-state index contributed by atoms with van der Waals surface area (Å²) in [6.07, 6.45) is 0. The van der Waals surface area contributed by atoms with Crippen LogP contribution in [-0.2, 0) is 0 Å². The summed E-state index contributed by atoms with van der Waals surface area (Å²) in [6, 6.07) is 13.3. The molecule has 0 aliphatic rings. The lowest BCUT2D eigenvalue weighted by atomic mass is 10.1. The van der Waals surface area contributed by atoms with Gasteiger partial charge >= 0.3 is 0 Å². The van der Waals surface area contributed by atoms with E-state index in [4.69, 9.17) is 4.74 Å². The van der Waals surface area contributed by atoms with Gasteiger partial charge in [-0.05, 0) is 62.2 Å². The average molecular weight is 429 g/mol. The molecule has 1 unspecified atom stereocenters. The average Bonchev–Trinajstić information content (AvgIpc) is 3.05. The van der Waals surface area contributed by atoms with Crippen LogP contribution >= 0.6 is 15.9 Å². The summed E-state index contributed by atoms with van der Waals surface area (Å²) in [6.45, 7) is 5.77. The van der Waals surface area contributed by atoms with Gasteiger partial charge in [-0.2, -0.15) is 0 Å². The summed E-state index contributed by atoms with van der Waals surface area (Å²) in [5, 5.41) is 11.2. The standard InChI is InChI=1S/C20H21BrN4O2/c1-12-11-16(7-10-18(12)21)25-14(3)19(23-24-25)20(26)22-13(2)15-5-8-17(27-4)9-6-15/h5-11,13H,1-4H3,(H,22,26). The van der Waals surface area contributed by atoms with E-state index in [2.05, 4.69) is 31.6 Å². The van der Waals surface area contributed by atoms with Crippen LogP contribution in [0.5, 0.6) is 5.75 Å². The SMILES string of the molecule is COc1ccc(C(C)NC(=O)c2nnn(-c3ccc(Br)c(C)c3)c2C)cc1. The Morgan fingerprint density at radius 3 is 2.52 bits per heavy atom. The number of halogens is 1. The first-order chi connectivity index (χ1) is 12.9. The molecule has 6 nitrogen and oxygen atoms in total. The minimum Gasteiger partial charge on any atom is -0.497 e. The first-order valence-corrected chi connectivity index (χ1v) is 9.33. The number of hydrogen-bond donors (Lipinski definition) is 1. The number of hydrogen-bond acceptors (Lipinski definition) is 4. The number of aromatic nitrogens is 3. The van der Waals surface area contributed by atoms with Gasteiger partial charge in [-0.1, -0.05) is 33.3 Å². The number of rotatable bonds is 5. The van der Waals surface area contributed by atoms with E-state index in [1.54, 1.807) is 11.8 Å². The molecule has 0 saturated heterocycles. The third kappa shape index (κ3) is 4.03. The Kier molecular flexibility index (Phi) is 5.60. The van der Waals surface area contributed by atoms with E-state index in [1.165, 1.54) is 0 Å². The summed E-state index contributed by atoms with van der Waals surface area (Å²) >= 11 is 3.49. The molecule has 1 amide bonds. The molecule has 7 heteroatoms. The van der Waals surface area contributed by atoms with Crippen LogP contribution in [0.3, 0.4) is 0 Å². The summed E-state index contributed by atoms with van der Waals surface area (Å²) in [7, 11) is 1.62. The molecule has 0 fully saturated rings. The number of carbonyl (C=O) groups excluding carboxylic acids is 1. The maximum Gasteiger partial charge on any atom is 0.274 e. The molecule has 2 aromatic carbocycles. The molecular weight excluding hydrogens is 408 g/mol. The fraction of sp³-hybridized carbons (Fsp3) is 0.250. The summed E-state index contributed by atoms with van der Waals surface area (Å²) in [5.74, 6) is 0.525. The van der Waals surface area contributed by atoms with Crippen molar-refractivity contribution in [3.8, 4) is 11.4 Å². The molecule has 27 heavy (non-hydrogen) atoms. The zero-order valence-electron chi connectivity index (χ0n) is 15.7. The number of methoxy groups -OCH3 is 1. The van der Waals surface area contributed by atoms with Gasteiger partial charge in [0.05, 0.1) is 24.5 Å². The second-order valence-corrected chi connectivity index (χ2v) is 7.19. The number of carbonyl (C=O) groups is 1. The predicted octanol–water partition coefficient (Wildman–Crippen LogP) is 4.15. The highest BCUT2D eigenvalue weighted by Crippen LogP contribution is 2.21. The second-order valence-electron chi connectivity index (χ2n) is 6.34. The molecule has 3 rings (SSSR count). The zero-order valence-corrected chi connectivity index (χ0v) is 17.2. The van der Waals surface area contributed by atoms with Crippen molar-refractivity contribution in [3.05, 3.63) is 69.5 Å². The van der Waals surface area contributed by atoms with Crippen molar-refractivity contribution in [1.82, 2.24) is 20.3 Å². The molecule has 140 valence electrons. The molecule has 0 bridgehead atoms. The quantitative estimate of drug-likeness (QED) is 0.662. The van der Waals surface area contributed by atoms with Crippen molar-refractivity contribution in [3.63, 3.8) is 0 Å². The second kappa shape index (κ2) is 7.92. The topological polar surface area (TPSA) is 69.0 Å². The zero-order chi connectivity index (χ0) is 19.6. The van der Waals surface area contributed by atoms with Crippen LogP contribution < -0.4 is 10.1 Å². The first kappa shape index (κ1) is 19.1. The summed E-state index contributed by atoms with van der Waals surface area (Å²) in [5.41, 5.74) is 3.94. The van der Waals surface area contributed by atoms with Gasteiger partial charge in [-0.25, -0.2) is 4.68 Å². The van der Waals surface area contributed by atoms with Crippen molar-refractivity contribution in [2.45, 2.75) is 26.8 Å². The van der Waals surface area contributed by atoms with Crippen molar-refractivity contribution < 1.29 is 9.53 Å². The monoisotopic (exact) mass is 428 g/mol. The molecule has 1 aromatic heterocycles. The highest BCUT2D eigenvalue weighted by atomic mass is 79.9. The number of aryl methyl sites for hydroxylation is 1. The fourth-order valence-electron chi connectivity index (χ4n) is 2.79. The van der Waals surface area contributed by atoms with E-state index in [-0.39, 0.29) is 11.9 Å². The van der Waals surface area contributed by atoms with Crippen molar-refractivity contribution in [1.29, 1.82) is 0 Å². The van der Waals surface area contributed by atoms with Gasteiger partial charge in [0.15, 0.2) is 5.69 Å². The molecule has 0 saturated carbocycles. The highest BCUT2D eigenvalue weighted by Gasteiger charge is 2.19. The summed E-state index contributed by atoms with van der Waals surface area (Å²) in [4.78, 5) is 12.7. The lowest BCUT2D eigenvalue weighted by Crippen LogP contribution is -2.27. The first-order valence-electron chi connectivity index (χ1n) is 8.54. The molecule has 0 aliphatic heterocycles. The molecule has 1 N–H and O–H groups in total. The van der Waals surface area contributed by atoms with Crippen LogP contribution in [-0.4, -0.2) is 28.0 Å². The van der Waals surface area contributed by atoms with Gasteiger partial charge in [0.1, 0.15) is 5.75 Å². The molecule has 0 aliphatic carbocycles. The Labute approximate surface area is 166 Å². The molecule has 0 spiro atoms. The Morgan fingerprint density at radius 2 is 1.89 bits per heavy atom. The van der Waals surface area contributed by atoms with E-state index in [1.807, 2.05) is 63.2 Å². The minimum atomic E-state index is -0.254. The fourth-order valence-corrected chi connectivity index (χ4v) is 3.03. The van der Waals surface area contributed by atoms with Crippen molar-refractivity contribution in [2.24, 2.45) is 0 Å². The number of benzene rings is 2. The summed E-state index contributed by atoms with van der Waals surface area (Å²) < 4.78 is 7.86. The predicted molar refractivity (Wildman–Crippen MR) is 107 cm³/mol. The van der Waals surface area contributed by atoms with Gasteiger partial charge in [-0.15, -0.1) is 5.10 Å². The van der Waals surface area contributed by atoms with Crippen molar-refractivity contribution >= 4 is 21.8 Å². The van der Waals surface area contributed by atoms with E-state index >= 15 is 0 Å². The largest absolute Gasteiger partial charge is 0.497 e. The van der Waals surface area contributed by atoms with Crippen LogP contribution in [0.4, 0.5) is 0 Å².